The van der Waals surface area contributed by atoms with Crippen molar-refractivity contribution in [3.63, 3.8) is 0 Å². The molecule has 0 aliphatic carbocycles. The molecular weight excluding hydrogens is 296 g/mol. The molecule has 3 rings (SSSR count). The minimum Gasteiger partial charge on any atom is -0.302 e. The number of benzene rings is 1. The SMILES string of the molecule is CS(=O)(=O)N1CCC2(CCCN(CCc3ccccc3)C2)C1. The summed E-state index contributed by atoms with van der Waals surface area (Å²) in [4.78, 5) is 2.53. The maximum absolute atomic E-state index is 11.8. The first-order valence-corrected chi connectivity index (χ1v) is 10.0. The van der Waals surface area contributed by atoms with Gasteiger partial charge in [0.25, 0.3) is 0 Å². The third-order valence-corrected chi connectivity index (χ3v) is 6.42. The second kappa shape index (κ2) is 6.30. The first-order valence-electron chi connectivity index (χ1n) is 8.18. The van der Waals surface area contributed by atoms with E-state index in [-0.39, 0.29) is 5.41 Å². The van der Waals surface area contributed by atoms with Crippen LogP contribution in [0.5, 0.6) is 0 Å². The number of rotatable bonds is 4. The largest absolute Gasteiger partial charge is 0.302 e. The molecule has 122 valence electrons. The van der Waals surface area contributed by atoms with Gasteiger partial charge in [0.2, 0.25) is 10.0 Å². The topological polar surface area (TPSA) is 40.6 Å². The summed E-state index contributed by atoms with van der Waals surface area (Å²) in [5, 5.41) is 0. The molecule has 5 heteroatoms. The lowest BCUT2D eigenvalue weighted by atomic mass is 9.79. The summed E-state index contributed by atoms with van der Waals surface area (Å²) in [6, 6.07) is 10.6. The number of sulfonamides is 1. The summed E-state index contributed by atoms with van der Waals surface area (Å²) in [7, 11) is -3.04. The molecular formula is C17H26N2O2S. The van der Waals surface area contributed by atoms with E-state index in [1.165, 1.54) is 24.7 Å². The van der Waals surface area contributed by atoms with Gasteiger partial charge in [-0.25, -0.2) is 12.7 Å². The lowest BCUT2D eigenvalue weighted by Crippen LogP contribution is -2.45. The summed E-state index contributed by atoms with van der Waals surface area (Å²) in [5.74, 6) is 0. The zero-order valence-corrected chi connectivity index (χ0v) is 14.2. The standard InChI is InChI=1S/C17H26N2O2S/c1-22(20,21)19-13-10-17(15-19)9-5-11-18(14-17)12-8-16-6-3-2-4-7-16/h2-4,6-7H,5,8-15H2,1H3. The van der Waals surface area contributed by atoms with Crippen molar-refractivity contribution in [3.8, 4) is 0 Å². The first-order chi connectivity index (χ1) is 10.5. The highest BCUT2D eigenvalue weighted by molar-refractivity contribution is 7.88. The van der Waals surface area contributed by atoms with Crippen LogP contribution in [0.2, 0.25) is 0 Å². The predicted molar refractivity (Wildman–Crippen MR) is 89.3 cm³/mol. The van der Waals surface area contributed by atoms with Crippen LogP contribution in [-0.2, 0) is 16.4 Å². The quantitative estimate of drug-likeness (QED) is 0.851. The van der Waals surface area contributed by atoms with Gasteiger partial charge in [0.05, 0.1) is 6.26 Å². The second-order valence-corrected chi connectivity index (χ2v) is 8.94. The molecule has 0 saturated carbocycles. The van der Waals surface area contributed by atoms with Gasteiger partial charge in [-0.1, -0.05) is 30.3 Å². The van der Waals surface area contributed by atoms with Gasteiger partial charge in [-0.3, -0.25) is 0 Å². The van der Waals surface area contributed by atoms with E-state index < -0.39 is 10.0 Å². The number of piperidine rings is 1. The molecule has 0 bridgehead atoms. The minimum atomic E-state index is -3.04. The average Bonchev–Trinajstić information content (AvgIpc) is 2.90. The molecule has 1 unspecified atom stereocenters. The lowest BCUT2D eigenvalue weighted by Gasteiger charge is -2.40. The summed E-state index contributed by atoms with van der Waals surface area (Å²) in [6.07, 6.45) is 5.78. The second-order valence-electron chi connectivity index (χ2n) is 6.96. The van der Waals surface area contributed by atoms with Crippen LogP contribution in [0, 0.1) is 5.41 Å². The van der Waals surface area contributed by atoms with Crippen LogP contribution in [0.3, 0.4) is 0 Å². The highest BCUT2D eigenvalue weighted by Gasteiger charge is 2.43. The van der Waals surface area contributed by atoms with Crippen molar-refractivity contribution in [1.29, 1.82) is 0 Å². The van der Waals surface area contributed by atoms with E-state index in [9.17, 15) is 8.42 Å². The average molecular weight is 322 g/mol. The van der Waals surface area contributed by atoms with E-state index in [0.717, 1.165) is 32.5 Å². The third kappa shape index (κ3) is 3.70. The molecule has 2 heterocycles. The van der Waals surface area contributed by atoms with Crippen molar-refractivity contribution in [2.24, 2.45) is 5.41 Å². The normalized spacial score (nSPS) is 27.5. The van der Waals surface area contributed by atoms with Crippen LogP contribution in [0.25, 0.3) is 0 Å². The minimum absolute atomic E-state index is 0.192. The van der Waals surface area contributed by atoms with Crippen molar-refractivity contribution >= 4 is 10.0 Å². The van der Waals surface area contributed by atoms with Gasteiger partial charge in [-0.2, -0.15) is 0 Å². The van der Waals surface area contributed by atoms with Gasteiger partial charge in [-0.15, -0.1) is 0 Å². The van der Waals surface area contributed by atoms with Crippen LogP contribution in [0.1, 0.15) is 24.8 Å². The molecule has 2 saturated heterocycles. The predicted octanol–water partition coefficient (Wildman–Crippen LogP) is 1.98. The van der Waals surface area contributed by atoms with Crippen LogP contribution in [0.15, 0.2) is 30.3 Å². The van der Waals surface area contributed by atoms with Gasteiger partial charge in [0.1, 0.15) is 0 Å². The van der Waals surface area contributed by atoms with Crippen LogP contribution in [-0.4, -0.2) is 56.6 Å². The van der Waals surface area contributed by atoms with Crippen molar-refractivity contribution < 1.29 is 8.42 Å². The molecule has 22 heavy (non-hydrogen) atoms. The zero-order valence-electron chi connectivity index (χ0n) is 13.4. The van der Waals surface area contributed by atoms with Crippen molar-refractivity contribution in [3.05, 3.63) is 35.9 Å². The van der Waals surface area contributed by atoms with E-state index in [1.54, 1.807) is 4.31 Å². The zero-order chi connectivity index (χ0) is 15.6. The summed E-state index contributed by atoms with van der Waals surface area (Å²) >= 11 is 0. The Morgan fingerprint density at radius 3 is 2.55 bits per heavy atom. The summed E-state index contributed by atoms with van der Waals surface area (Å²) in [5.41, 5.74) is 1.57. The van der Waals surface area contributed by atoms with E-state index >= 15 is 0 Å². The van der Waals surface area contributed by atoms with E-state index in [4.69, 9.17) is 0 Å². The highest BCUT2D eigenvalue weighted by Crippen LogP contribution is 2.39. The molecule has 1 atom stereocenters. The molecule has 0 aromatic heterocycles. The van der Waals surface area contributed by atoms with E-state index in [0.29, 0.717) is 13.1 Å². The first kappa shape index (κ1) is 16.0. The van der Waals surface area contributed by atoms with E-state index in [1.807, 2.05) is 0 Å². The Hall–Kier alpha value is -0.910. The van der Waals surface area contributed by atoms with Gasteiger partial charge >= 0.3 is 0 Å². The molecule has 2 aliphatic heterocycles. The summed E-state index contributed by atoms with van der Waals surface area (Å²) in [6.45, 7) is 4.68. The van der Waals surface area contributed by atoms with E-state index in [2.05, 4.69) is 35.2 Å². The number of nitrogens with zero attached hydrogens (tertiary/aromatic N) is 2. The Balaban J connectivity index is 1.58. The molecule has 2 aliphatic rings. The smallest absolute Gasteiger partial charge is 0.211 e. The Kier molecular flexibility index (Phi) is 4.57. The van der Waals surface area contributed by atoms with Crippen LogP contribution >= 0.6 is 0 Å². The van der Waals surface area contributed by atoms with Crippen LogP contribution in [0.4, 0.5) is 0 Å². The molecule has 0 N–H and O–H groups in total. The lowest BCUT2D eigenvalue weighted by molar-refractivity contribution is 0.100. The van der Waals surface area contributed by atoms with Gasteiger partial charge in [0, 0.05) is 26.2 Å². The molecule has 1 spiro atoms. The van der Waals surface area contributed by atoms with Crippen LogP contribution < -0.4 is 0 Å². The van der Waals surface area contributed by atoms with Gasteiger partial charge in [0.15, 0.2) is 0 Å². The molecule has 1 aromatic carbocycles. The Labute approximate surface area is 134 Å². The molecule has 1 aromatic rings. The number of hydrogen-bond acceptors (Lipinski definition) is 3. The molecule has 0 radical (unpaired) electrons. The maximum Gasteiger partial charge on any atom is 0.211 e. The van der Waals surface area contributed by atoms with Crippen molar-refractivity contribution in [1.82, 2.24) is 9.21 Å². The summed E-state index contributed by atoms with van der Waals surface area (Å²) < 4.78 is 25.2. The Morgan fingerprint density at radius 2 is 1.86 bits per heavy atom. The van der Waals surface area contributed by atoms with Gasteiger partial charge < -0.3 is 4.90 Å². The molecule has 0 amide bonds. The van der Waals surface area contributed by atoms with Crippen molar-refractivity contribution in [2.45, 2.75) is 25.7 Å². The fourth-order valence-corrected chi connectivity index (χ4v) is 4.87. The molecule has 4 nitrogen and oxygen atoms in total. The Bertz CT molecular complexity index is 602. The third-order valence-electron chi connectivity index (χ3n) is 5.17. The van der Waals surface area contributed by atoms with Gasteiger partial charge in [-0.05, 0) is 43.2 Å². The monoisotopic (exact) mass is 322 g/mol. The highest BCUT2D eigenvalue weighted by atomic mass is 32.2. The van der Waals surface area contributed by atoms with Crippen molar-refractivity contribution in [2.75, 3.05) is 39.0 Å². The number of hydrogen-bond donors (Lipinski definition) is 0. The fraction of sp³-hybridized carbons (Fsp3) is 0.647. The number of likely N-dealkylation sites (tertiary alicyclic amines) is 1. The fourth-order valence-electron chi connectivity index (χ4n) is 3.94. The maximum atomic E-state index is 11.8. The Morgan fingerprint density at radius 1 is 1.09 bits per heavy atom. The molecule has 2 fully saturated rings.